The fourth-order valence-corrected chi connectivity index (χ4v) is 5.21. The molecule has 0 heterocycles. The lowest BCUT2D eigenvalue weighted by Crippen LogP contribution is -2.39. The van der Waals surface area contributed by atoms with Gasteiger partial charge in [0.05, 0.1) is 13.2 Å². The maximum atomic E-state index is 13.6. The molecule has 34 heavy (non-hydrogen) atoms. The third-order valence-electron chi connectivity index (χ3n) is 5.12. The summed E-state index contributed by atoms with van der Waals surface area (Å²) in [6.07, 6.45) is 0. The molecule has 3 N–H and O–H groups in total. The van der Waals surface area contributed by atoms with Gasteiger partial charge >= 0.3 is 0 Å². The van der Waals surface area contributed by atoms with E-state index in [1.807, 2.05) is 0 Å². The van der Waals surface area contributed by atoms with Crippen LogP contribution in [-0.4, -0.2) is 62.7 Å². The highest BCUT2D eigenvalue weighted by molar-refractivity contribution is 7.89. The van der Waals surface area contributed by atoms with E-state index >= 15 is 0 Å². The van der Waals surface area contributed by atoms with E-state index in [0.29, 0.717) is 5.56 Å². The Labute approximate surface area is 199 Å². The van der Waals surface area contributed by atoms with Crippen molar-refractivity contribution in [1.82, 2.24) is 9.21 Å². The van der Waals surface area contributed by atoms with Gasteiger partial charge in [-0.3, -0.25) is 14.5 Å². The summed E-state index contributed by atoms with van der Waals surface area (Å²) in [5.74, 6) is -1.60. The Morgan fingerprint density at radius 1 is 1.12 bits per heavy atom. The standard InChI is InChI=1S/C23H31FN4O5S/c1-5-28(6-2)34(31,32)20-14-18(11-12-19(20)33-7-3)26-21(29)15-27(4)22(23(25)30)16-9-8-10-17(24)13-16/h8-14,22H,5-7,15H2,1-4H3,(H2,25,30)(H,26,29). The van der Waals surface area contributed by atoms with Crippen LogP contribution < -0.4 is 15.8 Å². The predicted molar refractivity (Wildman–Crippen MR) is 127 cm³/mol. The first kappa shape index (κ1) is 27.2. The third-order valence-corrected chi connectivity index (χ3v) is 7.19. The number of carbonyl (C=O) groups is 2. The second kappa shape index (κ2) is 11.9. The van der Waals surface area contributed by atoms with Crippen molar-refractivity contribution >= 4 is 27.5 Å². The van der Waals surface area contributed by atoms with E-state index in [4.69, 9.17) is 10.5 Å². The molecule has 11 heteroatoms. The molecule has 1 atom stereocenters. The molecule has 0 saturated carbocycles. The van der Waals surface area contributed by atoms with E-state index in [9.17, 15) is 22.4 Å². The summed E-state index contributed by atoms with van der Waals surface area (Å²) in [5, 5.41) is 2.64. The van der Waals surface area contributed by atoms with Crippen molar-refractivity contribution in [1.29, 1.82) is 0 Å². The summed E-state index contributed by atoms with van der Waals surface area (Å²) in [4.78, 5) is 26.0. The Morgan fingerprint density at radius 2 is 1.79 bits per heavy atom. The lowest BCUT2D eigenvalue weighted by atomic mass is 10.0. The first-order valence-electron chi connectivity index (χ1n) is 10.9. The molecule has 0 fully saturated rings. The number of carbonyl (C=O) groups excluding carboxylic acids is 2. The number of nitrogens with one attached hydrogen (secondary N) is 1. The number of halogens is 1. The summed E-state index contributed by atoms with van der Waals surface area (Å²) in [6, 6.07) is 8.75. The zero-order valence-corrected chi connectivity index (χ0v) is 20.6. The highest BCUT2D eigenvalue weighted by Gasteiger charge is 2.27. The Balaban J connectivity index is 2.27. The number of hydrogen-bond donors (Lipinski definition) is 2. The molecular formula is C23H31FN4O5S. The van der Waals surface area contributed by atoms with Crippen LogP contribution in [-0.2, 0) is 19.6 Å². The maximum absolute atomic E-state index is 13.6. The zero-order valence-electron chi connectivity index (χ0n) is 19.7. The van der Waals surface area contributed by atoms with E-state index < -0.39 is 33.7 Å². The molecule has 0 spiro atoms. The molecule has 2 aromatic rings. The van der Waals surface area contributed by atoms with E-state index in [1.54, 1.807) is 26.8 Å². The largest absolute Gasteiger partial charge is 0.492 e. The SMILES string of the molecule is CCOc1ccc(NC(=O)CN(C)C(C(N)=O)c2cccc(F)c2)cc1S(=O)(=O)N(CC)CC. The number of likely N-dealkylation sites (N-methyl/N-ethyl adjacent to an activating group) is 1. The van der Waals surface area contributed by atoms with Crippen molar-refractivity contribution in [2.75, 3.05) is 38.6 Å². The fraction of sp³-hybridized carbons (Fsp3) is 0.391. The van der Waals surface area contributed by atoms with Gasteiger partial charge < -0.3 is 15.8 Å². The average molecular weight is 495 g/mol. The van der Waals surface area contributed by atoms with Gasteiger partial charge in [0.1, 0.15) is 22.5 Å². The monoisotopic (exact) mass is 494 g/mol. The normalized spacial score (nSPS) is 12.6. The minimum atomic E-state index is -3.85. The third kappa shape index (κ3) is 6.52. The quantitative estimate of drug-likeness (QED) is 0.467. The van der Waals surface area contributed by atoms with Crippen LogP contribution >= 0.6 is 0 Å². The molecule has 0 aliphatic heterocycles. The number of amides is 2. The lowest BCUT2D eigenvalue weighted by Gasteiger charge is -2.25. The number of ether oxygens (including phenoxy) is 1. The summed E-state index contributed by atoms with van der Waals surface area (Å²) < 4.78 is 46.6. The van der Waals surface area contributed by atoms with Gasteiger partial charge in [-0.25, -0.2) is 12.8 Å². The molecule has 186 valence electrons. The molecule has 2 amide bonds. The molecule has 1 unspecified atom stereocenters. The van der Waals surface area contributed by atoms with Gasteiger partial charge in [-0.05, 0) is 49.9 Å². The lowest BCUT2D eigenvalue weighted by molar-refractivity contribution is -0.124. The summed E-state index contributed by atoms with van der Waals surface area (Å²) >= 11 is 0. The van der Waals surface area contributed by atoms with Crippen LogP contribution in [0.1, 0.15) is 32.4 Å². The fourth-order valence-electron chi connectivity index (χ4n) is 3.60. The van der Waals surface area contributed by atoms with Crippen molar-refractivity contribution in [3.05, 3.63) is 53.8 Å². The van der Waals surface area contributed by atoms with E-state index in [1.165, 1.54) is 52.7 Å². The summed E-state index contributed by atoms with van der Waals surface area (Å²) in [5.41, 5.74) is 6.06. The van der Waals surface area contributed by atoms with Crippen LogP contribution in [0.15, 0.2) is 47.4 Å². The molecule has 0 aliphatic rings. The van der Waals surface area contributed by atoms with Gasteiger partial charge in [-0.15, -0.1) is 0 Å². The van der Waals surface area contributed by atoms with Gasteiger partial charge in [-0.1, -0.05) is 26.0 Å². The molecule has 0 radical (unpaired) electrons. The number of nitrogens with two attached hydrogens (primary N) is 1. The zero-order chi connectivity index (χ0) is 25.5. The Morgan fingerprint density at radius 3 is 2.35 bits per heavy atom. The maximum Gasteiger partial charge on any atom is 0.246 e. The van der Waals surface area contributed by atoms with Crippen LogP contribution in [0.4, 0.5) is 10.1 Å². The van der Waals surface area contributed by atoms with Gasteiger partial charge in [0.15, 0.2) is 0 Å². The molecule has 2 aromatic carbocycles. The van der Waals surface area contributed by atoms with Crippen LogP contribution in [0.2, 0.25) is 0 Å². The van der Waals surface area contributed by atoms with Crippen molar-refractivity contribution in [2.45, 2.75) is 31.7 Å². The van der Waals surface area contributed by atoms with Crippen molar-refractivity contribution in [3.8, 4) is 5.75 Å². The van der Waals surface area contributed by atoms with Crippen LogP contribution in [0.3, 0.4) is 0 Å². The second-order valence-corrected chi connectivity index (χ2v) is 9.41. The minimum absolute atomic E-state index is 0.0565. The smallest absolute Gasteiger partial charge is 0.246 e. The molecule has 0 aliphatic carbocycles. The Bertz CT molecular complexity index is 1120. The summed E-state index contributed by atoms with van der Waals surface area (Å²) in [6.45, 7) is 5.78. The molecule has 0 aromatic heterocycles. The number of benzene rings is 2. The molecule has 2 rings (SSSR count). The summed E-state index contributed by atoms with van der Waals surface area (Å²) in [7, 11) is -2.34. The number of primary amides is 1. The first-order valence-corrected chi connectivity index (χ1v) is 12.3. The van der Waals surface area contributed by atoms with Crippen LogP contribution in [0, 0.1) is 5.82 Å². The second-order valence-electron chi connectivity index (χ2n) is 7.51. The van der Waals surface area contributed by atoms with Crippen molar-refractivity contribution < 1.29 is 27.1 Å². The van der Waals surface area contributed by atoms with Gasteiger partial charge in [0.25, 0.3) is 0 Å². The number of anilines is 1. The highest BCUT2D eigenvalue weighted by atomic mass is 32.2. The van der Waals surface area contributed by atoms with Crippen LogP contribution in [0.5, 0.6) is 5.75 Å². The highest BCUT2D eigenvalue weighted by Crippen LogP contribution is 2.30. The van der Waals surface area contributed by atoms with E-state index in [-0.39, 0.29) is 42.6 Å². The molecule has 0 bridgehead atoms. The molecule has 0 saturated heterocycles. The van der Waals surface area contributed by atoms with Gasteiger partial charge in [-0.2, -0.15) is 4.31 Å². The minimum Gasteiger partial charge on any atom is -0.492 e. The average Bonchev–Trinajstić information content (AvgIpc) is 2.75. The molecular weight excluding hydrogens is 463 g/mol. The number of hydrogen-bond acceptors (Lipinski definition) is 6. The Hall–Kier alpha value is -3.02. The number of rotatable bonds is 12. The Kier molecular flexibility index (Phi) is 9.54. The van der Waals surface area contributed by atoms with Crippen molar-refractivity contribution in [2.24, 2.45) is 5.73 Å². The van der Waals surface area contributed by atoms with E-state index in [2.05, 4.69) is 5.32 Å². The van der Waals surface area contributed by atoms with Crippen molar-refractivity contribution in [3.63, 3.8) is 0 Å². The first-order chi connectivity index (χ1) is 16.0. The topological polar surface area (TPSA) is 122 Å². The number of nitrogens with zero attached hydrogens (tertiary/aromatic N) is 2. The number of sulfonamides is 1. The van der Waals surface area contributed by atoms with Gasteiger partial charge in [0, 0.05) is 18.8 Å². The van der Waals surface area contributed by atoms with E-state index in [0.717, 1.165) is 0 Å². The van der Waals surface area contributed by atoms with Gasteiger partial charge in [0.2, 0.25) is 21.8 Å². The van der Waals surface area contributed by atoms with Crippen LogP contribution in [0.25, 0.3) is 0 Å². The molecule has 9 nitrogen and oxygen atoms in total. The predicted octanol–water partition coefficient (Wildman–Crippen LogP) is 2.35.